The zero-order valence-electron chi connectivity index (χ0n) is 10.8. The smallest absolute Gasteiger partial charge is 0.220 e. The van der Waals surface area contributed by atoms with Gasteiger partial charge in [0.05, 0.1) is 7.11 Å². The number of benzene rings is 1. The van der Waals surface area contributed by atoms with E-state index in [1.165, 1.54) is 0 Å². The second-order valence-electron chi connectivity index (χ2n) is 4.03. The van der Waals surface area contributed by atoms with E-state index in [0.29, 0.717) is 23.1 Å². The number of hydrogen-bond donors (Lipinski definition) is 2. The summed E-state index contributed by atoms with van der Waals surface area (Å²) >= 11 is 0. The van der Waals surface area contributed by atoms with Gasteiger partial charge in [-0.1, -0.05) is 12.1 Å². The molecule has 0 saturated heterocycles. The molecule has 2 rings (SSSR count). The molecule has 0 atom stereocenters. The molecule has 0 saturated carbocycles. The Bertz CT molecular complexity index is 611. The summed E-state index contributed by atoms with van der Waals surface area (Å²) < 4.78 is 10.9. The monoisotopic (exact) mass is 257 g/mol. The van der Waals surface area contributed by atoms with Gasteiger partial charge in [0.2, 0.25) is 5.88 Å². The maximum absolute atomic E-state index is 7.35. The Hall–Kier alpha value is -2.56. The number of aryl methyl sites for hydroxylation is 1. The SMILES string of the molecule is COc1cc(C)ccc1Oc1cccc(C(=N)N)n1. The summed E-state index contributed by atoms with van der Waals surface area (Å²) in [7, 11) is 1.58. The molecule has 3 N–H and O–H groups in total. The summed E-state index contributed by atoms with van der Waals surface area (Å²) in [6.07, 6.45) is 0. The minimum absolute atomic E-state index is 0.0960. The van der Waals surface area contributed by atoms with Crippen LogP contribution in [0, 0.1) is 12.3 Å². The highest BCUT2D eigenvalue weighted by Gasteiger charge is 2.07. The molecule has 5 nitrogen and oxygen atoms in total. The highest BCUT2D eigenvalue weighted by atomic mass is 16.5. The molecule has 0 spiro atoms. The molecule has 5 heteroatoms. The first kappa shape index (κ1) is 12.9. The van der Waals surface area contributed by atoms with Crippen molar-refractivity contribution in [2.45, 2.75) is 6.92 Å². The zero-order chi connectivity index (χ0) is 13.8. The van der Waals surface area contributed by atoms with Gasteiger partial charge in [-0.3, -0.25) is 5.41 Å². The largest absolute Gasteiger partial charge is 0.493 e. The molecule has 0 bridgehead atoms. The van der Waals surface area contributed by atoms with E-state index in [0.717, 1.165) is 5.56 Å². The van der Waals surface area contributed by atoms with Gasteiger partial charge in [-0.25, -0.2) is 4.98 Å². The number of hydrogen-bond acceptors (Lipinski definition) is 4. The van der Waals surface area contributed by atoms with Gasteiger partial charge in [0, 0.05) is 6.07 Å². The van der Waals surface area contributed by atoms with Crippen molar-refractivity contribution in [1.29, 1.82) is 5.41 Å². The van der Waals surface area contributed by atoms with Gasteiger partial charge < -0.3 is 15.2 Å². The number of nitrogens with one attached hydrogen (secondary N) is 1. The zero-order valence-corrected chi connectivity index (χ0v) is 10.8. The number of nitrogens with two attached hydrogens (primary N) is 1. The predicted octanol–water partition coefficient (Wildman–Crippen LogP) is 2.47. The van der Waals surface area contributed by atoms with Crippen LogP contribution in [-0.4, -0.2) is 17.9 Å². The molecule has 1 aromatic carbocycles. The first-order valence-corrected chi connectivity index (χ1v) is 5.74. The van der Waals surface area contributed by atoms with Gasteiger partial charge >= 0.3 is 0 Å². The lowest BCUT2D eigenvalue weighted by Gasteiger charge is -2.10. The maximum atomic E-state index is 7.35. The van der Waals surface area contributed by atoms with Crippen LogP contribution in [0.25, 0.3) is 0 Å². The quantitative estimate of drug-likeness (QED) is 0.651. The third-order valence-corrected chi connectivity index (χ3v) is 2.53. The van der Waals surface area contributed by atoms with Crippen LogP contribution in [0.2, 0.25) is 0 Å². The second kappa shape index (κ2) is 5.39. The van der Waals surface area contributed by atoms with Crippen LogP contribution in [0.4, 0.5) is 0 Å². The molecule has 0 radical (unpaired) electrons. The third-order valence-electron chi connectivity index (χ3n) is 2.53. The van der Waals surface area contributed by atoms with E-state index in [4.69, 9.17) is 20.6 Å². The fraction of sp³-hybridized carbons (Fsp3) is 0.143. The Balaban J connectivity index is 2.30. The molecule has 2 aromatic rings. The number of aromatic nitrogens is 1. The molecular formula is C14H15N3O2. The van der Waals surface area contributed by atoms with Crippen LogP contribution < -0.4 is 15.2 Å². The van der Waals surface area contributed by atoms with E-state index < -0.39 is 0 Å². The van der Waals surface area contributed by atoms with Crippen molar-refractivity contribution in [3.8, 4) is 17.4 Å². The van der Waals surface area contributed by atoms with Crippen LogP contribution >= 0.6 is 0 Å². The lowest BCUT2D eigenvalue weighted by molar-refractivity contribution is 0.374. The molecule has 19 heavy (non-hydrogen) atoms. The number of nitrogens with zero attached hydrogens (tertiary/aromatic N) is 1. The molecule has 0 fully saturated rings. The minimum atomic E-state index is -0.0960. The van der Waals surface area contributed by atoms with Crippen molar-refractivity contribution in [1.82, 2.24) is 4.98 Å². The van der Waals surface area contributed by atoms with Gasteiger partial charge in [-0.15, -0.1) is 0 Å². The number of rotatable bonds is 4. The molecule has 0 aliphatic carbocycles. The van der Waals surface area contributed by atoms with E-state index in [1.807, 2.05) is 25.1 Å². The summed E-state index contributed by atoms with van der Waals surface area (Å²) in [5, 5.41) is 7.35. The molecule has 0 aliphatic rings. The van der Waals surface area contributed by atoms with Crippen molar-refractivity contribution < 1.29 is 9.47 Å². The van der Waals surface area contributed by atoms with E-state index in [9.17, 15) is 0 Å². The summed E-state index contributed by atoms with van der Waals surface area (Å²) in [6, 6.07) is 10.7. The first-order valence-electron chi connectivity index (χ1n) is 5.74. The Morgan fingerprint density at radius 1 is 1.21 bits per heavy atom. The number of methoxy groups -OCH3 is 1. The summed E-state index contributed by atoms with van der Waals surface area (Å²) in [6.45, 7) is 1.97. The van der Waals surface area contributed by atoms with E-state index in [1.54, 1.807) is 25.3 Å². The molecule has 1 heterocycles. The Morgan fingerprint density at radius 2 is 2.00 bits per heavy atom. The van der Waals surface area contributed by atoms with Gasteiger partial charge in [-0.2, -0.15) is 0 Å². The number of amidine groups is 1. The molecule has 1 aromatic heterocycles. The summed E-state index contributed by atoms with van der Waals surface area (Å²) in [5.41, 5.74) is 6.85. The van der Waals surface area contributed by atoms with Gasteiger partial charge in [0.1, 0.15) is 11.5 Å². The number of nitrogen functional groups attached to an aromatic ring is 1. The normalized spacial score (nSPS) is 10.0. The number of ether oxygens (including phenoxy) is 2. The first-order chi connectivity index (χ1) is 9.10. The number of pyridine rings is 1. The highest BCUT2D eigenvalue weighted by Crippen LogP contribution is 2.31. The van der Waals surface area contributed by atoms with Gasteiger partial charge in [-0.05, 0) is 30.7 Å². The van der Waals surface area contributed by atoms with E-state index in [-0.39, 0.29) is 5.84 Å². The van der Waals surface area contributed by atoms with Crippen LogP contribution in [0.1, 0.15) is 11.3 Å². The second-order valence-corrected chi connectivity index (χ2v) is 4.03. The van der Waals surface area contributed by atoms with Crippen molar-refractivity contribution in [2.75, 3.05) is 7.11 Å². The van der Waals surface area contributed by atoms with Gasteiger partial charge in [0.25, 0.3) is 0 Å². The van der Waals surface area contributed by atoms with Crippen LogP contribution in [0.15, 0.2) is 36.4 Å². The van der Waals surface area contributed by atoms with E-state index in [2.05, 4.69) is 4.98 Å². The Labute approximate surface area is 111 Å². The van der Waals surface area contributed by atoms with Gasteiger partial charge in [0.15, 0.2) is 11.5 Å². The fourth-order valence-corrected chi connectivity index (χ4v) is 1.59. The van der Waals surface area contributed by atoms with E-state index >= 15 is 0 Å². The molecule has 0 amide bonds. The van der Waals surface area contributed by atoms with Crippen molar-refractivity contribution in [3.63, 3.8) is 0 Å². The molecular weight excluding hydrogens is 242 g/mol. The van der Waals surface area contributed by atoms with Crippen LogP contribution in [-0.2, 0) is 0 Å². The summed E-state index contributed by atoms with van der Waals surface area (Å²) in [4.78, 5) is 4.14. The van der Waals surface area contributed by atoms with Crippen molar-refractivity contribution in [3.05, 3.63) is 47.7 Å². The Morgan fingerprint density at radius 3 is 2.68 bits per heavy atom. The molecule has 0 unspecified atom stereocenters. The topological polar surface area (TPSA) is 81.2 Å². The van der Waals surface area contributed by atoms with Crippen LogP contribution in [0.3, 0.4) is 0 Å². The lowest BCUT2D eigenvalue weighted by atomic mass is 10.2. The molecule has 98 valence electrons. The highest BCUT2D eigenvalue weighted by molar-refractivity contribution is 5.93. The van der Waals surface area contributed by atoms with Crippen molar-refractivity contribution >= 4 is 5.84 Å². The third kappa shape index (κ3) is 3.01. The predicted molar refractivity (Wildman–Crippen MR) is 73.1 cm³/mol. The van der Waals surface area contributed by atoms with Crippen molar-refractivity contribution in [2.24, 2.45) is 5.73 Å². The average Bonchev–Trinajstić information content (AvgIpc) is 2.41. The minimum Gasteiger partial charge on any atom is -0.493 e. The summed E-state index contributed by atoms with van der Waals surface area (Å²) in [5.74, 6) is 1.48. The van der Waals surface area contributed by atoms with Crippen LogP contribution in [0.5, 0.6) is 17.4 Å². The molecule has 0 aliphatic heterocycles. The standard InChI is InChI=1S/C14H15N3O2/c1-9-6-7-11(12(8-9)18-2)19-13-5-3-4-10(17-13)14(15)16/h3-8H,1-2H3,(H3,15,16). The Kier molecular flexibility index (Phi) is 3.66. The maximum Gasteiger partial charge on any atom is 0.220 e. The average molecular weight is 257 g/mol. The fourth-order valence-electron chi connectivity index (χ4n) is 1.59. The lowest BCUT2D eigenvalue weighted by Crippen LogP contribution is -2.13.